The zero-order chi connectivity index (χ0) is 10.1. The van der Waals surface area contributed by atoms with Gasteiger partial charge in [-0.05, 0) is 19.1 Å². The first-order valence-corrected chi connectivity index (χ1v) is 3.93. The van der Waals surface area contributed by atoms with Gasteiger partial charge in [0.15, 0.2) is 0 Å². The molecule has 0 aromatic carbocycles. The van der Waals surface area contributed by atoms with E-state index >= 15 is 0 Å². The smallest absolute Gasteiger partial charge is 0.305 e. The summed E-state index contributed by atoms with van der Waals surface area (Å²) in [5, 5.41) is 8.27. The van der Waals surface area contributed by atoms with Gasteiger partial charge in [0.1, 0.15) is 0 Å². The zero-order valence-electron chi connectivity index (χ0n) is 7.60. The van der Waals surface area contributed by atoms with Crippen LogP contribution in [-0.2, 0) is 4.79 Å². The number of rotatable bonds is 5. The predicted molar refractivity (Wildman–Crippen MR) is 52.7 cm³/mol. The van der Waals surface area contributed by atoms with Crippen molar-refractivity contribution in [1.29, 1.82) is 0 Å². The summed E-state index contributed by atoms with van der Waals surface area (Å²) in [7, 11) is 0. The van der Waals surface area contributed by atoms with Gasteiger partial charge in [-0.25, -0.2) is 0 Å². The van der Waals surface area contributed by atoms with Gasteiger partial charge in [0.25, 0.3) is 0 Å². The highest BCUT2D eigenvalue weighted by Crippen LogP contribution is 1.82. The molecule has 0 radical (unpaired) electrons. The number of hydrogen-bond acceptors (Lipinski definition) is 3. The first-order valence-electron chi connectivity index (χ1n) is 3.93. The highest BCUT2D eigenvalue weighted by Gasteiger charge is 1.90. The van der Waals surface area contributed by atoms with E-state index in [9.17, 15) is 4.79 Å². The molecule has 0 heterocycles. The topological polar surface area (TPSA) is 75.7 Å². The van der Waals surface area contributed by atoms with E-state index in [1.54, 1.807) is 31.4 Å². The summed E-state index contributed by atoms with van der Waals surface area (Å²) in [6, 6.07) is 0. The molecule has 0 aliphatic rings. The van der Waals surface area contributed by atoms with Crippen molar-refractivity contribution in [1.82, 2.24) is 0 Å². The highest BCUT2D eigenvalue weighted by atomic mass is 16.4. The van der Waals surface area contributed by atoms with Crippen LogP contribution in [0.3, 0.4) is 0 Å². The Balaban J connectivity index is 3.58. The van der Waals surface area contributed by atoms with Crippen LogP contribution in [-0.4, -0.2) is 23.8 Å². The lowest BCUT2D eigenvalue weighted by Gasteiger charge is -1.85. The molecule has 0 bridgehead atoms. The first-order chi connectivity index (χ1) is 6.13. The van der Waals surface area contributed by atoms with Crippen molar-refractivity contribution in [2.75, 3.05) is 6.54 Å². The summed E-state index contributed by atoms with van der Waals surface area (Å²) in [6.07, 6.45) is 6.82. The van der Waals surface area contributed by atoms with Crippen LogP contribution >= 0.6 is 0 Å². The van der Waals surface area contributed by atoms with Crippen LogP contribution in [0.5, 0.6) is 0 Å². The third kappa shape index (κ3) is 10.4. The lowest BCUT2D eigenvalue weighted by atomic mass is 10.4. The Morgan fingerprint density at radius 2 is 2.23 bits per heavy atom. The number of carboxylic acids is 1. The number of aliphatic carboxylic acids is 1. The van der Waals surface area contributed by atoms with E-state index in [-0.39, 0.29) is 6.42 Å². The maximum absolute atomic E-state index is 10.1. The fraction of sp³-hybridized carbons (Fsp3) is 0.333. The molecular weight excluding hydrogens is 168 g/mol. The minimum Gasteiger partial charge on any atom is -0.481 e. The largest absolute Gasteiger partial charge is 0.481 e. The van der Waals surface area contributed by atoms with E-state index < -0.39 is 5.97 Å². The number of carboxylic acid groups (broad SMARTS) is 1. The van der Waals surface area contributed by atoms with E-state index in [1.807, 2.05) is 0 Å². The van der Waals surface area contributed by atoms with Gasteiger partial charge >= 0.3 is 5.97 Å². The quantitative estimate of drug-likeness (QED) is 0.491. The molecule has 72 valence electrons. The number of allylic oxidation sites excluding steroid dienone is 4. The number of carbonyl (C=O) groups is 1. The highest BCUT2D eigenvalue weighted by molar-refractivity contribution is 5.72. The van der Waals surface area contributed by atoms with Crippen LogP contribution in [0.15, 0.2) is 28.9 Å². The van der Waals surface area contributed by atoms with Crippen molar-refractivity contribution in [3.8, 4) is 0 Å². The van der Waals surface area contributed by atoms with Crippen LogP contribution in [0, 0.1) is 0 Å². The molecule has 0 spiro atoms. The van der Waals surface area contributed by atoms with E-state index in [1.165, 1.54) is 0 Å². The van der Waals surface area contributed by atoms with Crippen LogP contribution in [0.2, 0.25) is 0 Å². The molecule has 4 nitrogen and oxygen atoms in total. The van der Waals surface area contributed by atoms with Gasteiger partial charge in [0, 0.05) is 18.5 Å². The molecule has 0 unspecified atom stereocenters. The zero-order valence-corrected chi connectivity index (χ0v) is 7.60. The molecule has 0 aromatic heterocycles. The number of nitrogens with zero attached hydrogens (tertiary/aromatic N) is 1. The van der Waals surface area contributed by atoms with Gasteiger partial charge in [-0.2, -0.15) is 0 Å². The third-order valence-electron chi connectivity index (χ3n) is 1.12. The molecule has 4 heteroatoms. The van der Waals surface area contributed by atoms with Crippen LogP contribution in [0.1, 0.15) is 13.3 Å². The standard InChI is InChI=1S/C9H14N2O2/c1-8(10)4-2-3-6-11-7-5-9(12)13/h2-4,6H,5,7,10H2,1H3,(H,12,13)/b3-2-,8-4+,11-6?. The second-order valence-corrected chi connectivity index (χ2v) is 2.49. The Morgan fingerprint density at radius 3 is 2.77 bits per heavy atom. The summed E-state index contributed by atoms with van der Waals surface area (Å²) in [5.74, 6) is -0.834. The van der Waals surface area contributed by atoms with Crippen molar-refractivity contribution in [2.24, 2.45) is 10.7 Å². The van der Waals surface area contributed by atoms with Gasteiger partial charge in [-0.1, -0.05) is 6.08 Å². The summed E-state index contributed by atoms with van der Waals surface area (Å²) in [6.45, 7) is 2.09. The molecule has 0 aliphatic heterocycles. The molecule has 0 saturated heterocycles. The van der Waals surface area contributed by atoms with Crippen LogP contribution in [0.25, 0.3) is 0 Å². The van der Waals surface area contributed by atoms with Crippen molar-refractivity contribution in [3.05, 3.63) is 23.9 Å². The predicted octanol–water partition coefficient (Wildman–Crippen LogP) is 0.951. The molecule has 0 fully saturated rings. The van der Waals surface area contributed by atoms with Crippen molar-refractivity contribution >= 4 is 12.2 Å². The van der Waals surface area contributed by atoms with Gasteiger partial charge in [-0.3, -0.25) is 9.79 Å². The molecule has 13 heavy (non-hydrogen) atoms. The summed E-state index contributed by atoms with van der Waals surface area (Å²) < 4.78 is 0. The molecule has 0 aromatic rings. The summed E-state index contributed by atoms with van der Waals surface area (Å²) in [5.41, 5.74) is 6.08. The SMILES string of the molecule is C/C(N)=C\C=C/C=NCCC(=O)O. The summed E-state index contributed by atoms with van der Waals surface area (Å²) in [4.78, 5) is 13.9. The monoisotopic (exact) mass is 182 g/mol. The maximum Gasteiger partial charge on any atom is 0.305 e. The second-order valence-electron chi connectivity index (χ2n) is 2.49. The van der Waals surface area contributed by atoms with E-state index in [0.717, 1.165) is 5.70 Å². The molecule has 0 amide bonds. The lowest BCUT2D eigenvalue weighted by Crippen LogP contribution is -1.96. The Morgan fingerprint density at radius 1 is 1.54 bits per heavy atom. The first kappa shape index (κ1) is 11.4. The molecule has 0 aliphatic carbocycles. The van der Waals surface area contributed by atoms with E-state index in [4.69, 9.17) is 10.8 Å². The Kier molecular flexibility index (Phi) is 6.23. The normalized spacial score (nSPS) is 12.8. The Bertz CT molecular complexity index is 238. The van der Waals surface area contributed by atoms with Gasteiger partial charge in [0.2, 0.25) is 0 Å². The molecule has 0 saturated carbocycles. The fourth-order valence-corrected chi connectivity index (χ4v) is 0.553. The number of nitrogens with two attached hydrogens (primary N) is 1. The minimum atomic E-state index is -0.834. The van der Waals surface area contributed by atoms with E-state index in [2.05, 4.69) is 4.99 Å². The number of aliphatic imine (C=N–C) groups is 1. The maximum atomic E-state index is 10.1. The number of hydrogen-bond donors (Lipinski definition) is 2. The Labute approximate surface area is 77.5 Å². The van der Waals surface area contributed by atoms with E-state index in [0.29, 0.717) is 6.54 Å². The Hall–Kier alpha value is -1.58. The molecule has 3 N–H and O–H groups in total. The molecule has 0 rings (SSSR count). The van der Waals surface area contributed by atoms with Crippen molar-refractivity contribution in [2.45, 2.75) is 13.3 Å². The van der Waals surface area contributed by atoms with Crippen LogP contribution in [0.4, 0.5) is 0 Å². The third-order valence-corrected chi connectivity index (χ3v) is 1.12. The van der Waals surface area contributed by atoms with Crippen LogP contribution < -0.4 is 5.73 Å². The molecule has 0 atom stereocenters. The van der Waals surface area contributed by atoms with Gasteiger partial charge < -0.3 is 10.8 Å². The molecular formula is C9H14N2O2. The lowest BCUT2D eigenvalue weighted by molar-refractivity contribution is -0.136. The fourth-order valence-electron chi connectivity index (χ4n) is 0.553. The van der Waals surface area contributed by atoms with Gasteiger partial charge in [-0.15, -0.1) is 0 Å². The minimum absolute atomic E-state index is 0.0656. The second kappa shape index (κ2) is 7.09. The summed E-state index contributed by atoms with van der Waals surface area (Å²) >= 11 is 0. The van der Waals surface area contributed by atoms with Crippen molar-refractivity contribution in [3.63, 3.8) is 0 Å². The average molecular weight is 182 g/mol. The van der Waals surface area contributed by atoms with Gasteiger partial charge in [0.05, 0.1) is 6.42 Å². The average Bonchev–Trinajstić information content (AvgIpc) is 2.01. The van der Waals surface area contributed by atoms with Crippen molar-refractivity contribution < 1.29 is 9.90 Å².